The van der Waals surface area contributed by atoms with Gasteiger partial charge in [-0.15, -0.1) is 5.10 Å². The molecule has 3 heterocycles. The van der Waals surface area contributed by atoms with Gasteiger partial charge in [0.25, 0.3) is 5.56 Å². The Morgan fingerprint density at radius 3 is 2.62 bits per heavy atom. The van der Waals surface area contributed by atoms with Crippen molar-refractivity contribution in [2.24, 2.45) is 0 Å². The molecule has 0 bridgehead atoms. The van der Waals surface area contributed by atoms with Crippen LogP contribution in [0.3, 0.4) is 0 Å². The zero-order valence-electron chi connectivity index (χ0n) is 18.0. The second-order valence-electron chi connectivity index (χ2n) is 8.53. The minimum atomic E-state index is -1.10. The van der Waals surface area contributed by atoms with E-state index in [4.69, 9.17) is 14.7 Å². The lowest BCUT2D eigenvalue weighted by atomic mass is 9.82. The lowest BCUT2D eigenvalue weighted by molar-refractivity contribution is 0.0630. The molecule has 0 atom stereocenters. The minimum absolute atomic E-state index is 0.216. The van der Waals surface area contributed by atoms with Gasteiger partial charge in [-0.3, -0.25) is 9.78 Å². The highest BCUT2D eigenvalue weighted by Crippen LogP contribution is 2.39. The van der Waals surface area contributed by atoms with Crippen LogP contribution in [-0.2, 0) is 16.8 Å². The molecular formula is C23H17F2N5O4. The monoisotopic (exact) mass is 465 g/mol. The second kappa shape index (κ2) is 7.64. The standard InChI is InChI=1S/C23H17F2N5O4/c1-23(2)10-33-9-18-19(23)13-7-12(3-4-16(13)27-18)34-20-14(24)5-11(6-15(20)25)30-22(32)28-21(31)17(8-26)29-30/h3-7,27H,9-10H2,1-2H3,(H,28,31,32). The molecule has 0 saturated heterocycles. The molecule has 34 heavy (non-hydrogen) atoms. The third-order valence-electron chi connectivity index (χ3n) is 5.62. The van der Waals surface area contributed by atoms with Crippen molar-refractivity contribution in [1.29, 1.82) is 5.26 Å². The van der Waals surface area contributed by atoms with E-state index in [2.05, 4.69) is 10.1 Å². The molecule has 2 aromatic heterocycles. The SMILES string of the molecule is CC1(C)COCc2[nH]c3ccc(Oc4c(F)cc(-n5nc(C#N)c(=O)[nH]c5=O)cc4F)cc3c21. The summed E-state index contributed by atoms with van der Waals surface area (Å²) in [7, 11) is 0. The first-order valence-corrected chi connectivity index (χ1v) is 10.2. The first kappa shape index (κ1) is 21.5. The zero-order chi connectivity index (χ0) is 24.2. The van der Waals surface area contributed by atoms with Gasteiger partial charge in [-0.1, -0.05) is 13.8 Å². The lowest BCUT2D eigenvalue weighted by Gasteiger charge is -2.30. The third kappa shape index (κ3) is 3.45. The largest absolute Gasteiger partial charge is 0.451 e. The van der Waals surface area contributed by atoms with Crippen molar-refractivity contribution in [3.8, 4) is 23.3 Å². The Morgan fingerprint density at radius 1 is 1.18 bits per heavy atom. The molecule has 1 aliphatic rings. The van der Waals surface area contributed by atoms with Crippen molar-refractivity contribution in [2.75, 3.05) is 6.61 Å². The van der Waals surface area contributed by atoms with E-state index in [-0.39, 0.29) is 16.9 Å². The quantitative estimate of drug-likeness (QED) is 0.479. The molecule has 2 aromatic carbocycles. The molecule has 2 N–H and O–H groups in total. The summed E-state index contributed by atoms with van der Waals surface area (Å²) in [5, 5.41) is 13.4. The molecule has 0 aliphatic carbocycles. The molecule has 1 aliphatic heterocycles. The molecule has 0 saturated carbocycles. The first-order chi connectivity index (χ1) is 16.2. The number of rotatable bonds is 3. The number of aromatic amines is 2. The van der Waals surface area contributed by atoms with Crippen molar-refractivity contribution in [3.05, 3.63) is 79.8 Å². The van der Waals surface area contributed by atoms with Crippen LogP contribution < -0.4 is 16.0 Å². The van der Waals surface area contributed by atoms with E-state index in [0.29, 0.717) is 17.9 Å². The smallest absolute Gasteiger partial charge is 0.349 e. The predicted octanol–water partition coefficient (Wildman–Crippen LogP) is 3.15. The molecule has 0 amide bonds. The highest BCUT2D eigenvalue weighted by molar-refractivity contribution is 5.87. The molecule has 0 fully saturated rings. The van der Waals surface area contributed by atoms with Gasteiger partial charge in [0.1, 0.15) is 11.8 Å². The van der Waals surface area contributed by atoms with E-state index < -0.39 is 34.3 Å². The maximum absolute atomic E-state index is 14.9. The number of fused-ring (bicyclic) bond motifs is 3. The molecule has 0 unspecified atom stereocenters. The van der Waals surface area contributed by atoms with Gasteiger partial charge in [-0.25, -0.2) is 13.6 Å². The highest BCUT2D eigenvalue weighted by Gasteiger charge is 2.32. The number of nitriles is 1. The van der Waals surface area contributed by atoms with Crippen LogP contribution in [0.2, 0.25) is 0 Å². The van der Waals surface area contributed by atoms with E-state index in [0.717, 1.165) is 34.3 Å². The van der Waals surface area contributed by atoms with Crippen molar-refractivity contribution < 1.29 is 18.3 Å². The number of halogens is 2. The maximum atomic E-state index is 14.9. The fourth-order valence-corrected chi connectivity index (χ4v) is 4.18. The summed E-state index contributed by atoms with van der Waals surface area (Å²) in [6.07, 6.45) is 0. The summed E-state index contributed by atoms with van der Waals surface area (Å²) >= 11 is 0. The van der Waals surface area contributed by atoms with Gasteiger partial charge in [0.2, 0.25) is 5.69 Å². The molecule has 172 valence electrons. The van der Waals surface area contributed by atoms with Crippen molar-refractivity contribution in [1.82, 2.24) is 19.7 Å². The van der Waals surface area contributed by atoms with E-state index in [1.807, 2.05) is 18.8 Å². The van der Waals surface area contributed by atoms with E-state index in [9.17, 15) is 18.4 Å². The number of hydrogen-bond acceptors (Lipinski definition) is 6. The number of H-pyrrole nitrogens is 2. The summed E-state index contributed by atoms with van der Waals surface area (Å²) in [5.74, 6) is -2.65. The van der Waals surface area contributed by atoms with Gasteiger partial charge in [0, 0.05) is 34.1 Å². The van der Waals surface area contributed by atoms with Crippen LogP contribution in [0.4, 0.5) is 8.78 Å². The van der Waals surface area contributed by atoms with Crippen LogP contribution in [0.15, 0.2) is 39.9 Å². The summed E-state index contributed by atoms with van der Waals surface area (Å²) < 4.78 is 41.4. The number of aromatic nitrogens is 4. The number of hydrogen-bond donors (Lipinski definition) is 2. The zero-order valence-corrected chi connectivity index (χ0v) is 18.0. The molecule has 5 rings (SSSR count). The first-order valence-electron chi connectivity index (χ1n) is 10.2. The molecule has 0 spiro atoms. The van der Waals surface area contributed by atoms with Gasteiger partial charge in [-0.05, 0) is 23.8 Å². The Bertz CT molecular complexity index is 1600. The number of nitrogens with zero attached hydrogens (tertiary/aromatic N) is 3. The summed E-state index contributed by atoms with van der Waals surface area (Å²) in [5.41, 5.74) is -0.402. The Balaban J connectivity index is 1.55. The summed E-state index contributed by atoms with van der Waals surface area (Å²) in [6, 6.07) is 8.20. The van der Waals surface area contributed by atoms with E-state index in [1.54, 1.807) is 18.2 Å². The second-order valence-corrected chi connectivity index (χ2v) is 8.53. The highest BCUT2D eigenvalue weighted by atomic mass is 19.1. The van der Waals surface area contributed by atoms with Crippen LogP contribution in [0.1, 0.15) is 30.8 Å². The van der Waals surface area contributed by atoms with Gasteiger partial charge >= 0.3 is 5.69 Å². The summed E-state index contributed by atoms with van der Waals surface area (Å²) in [4.78, 5) is 28.7. The van der Waals surface area contributed by atoms with E-state index in [1.165, 1.54) is 6.07 Å². The van der Waals surface area contributed by atoms with Crippen molar-refractivity contribution in [2.45, 2.75) is 25.9 Å². The van der Waals surface area contributed by atoms with Crippen LogP contribution in [0.5, 0.6) is 11.5 Å². The third-order valence-corrected chi connectivity index (χ3v) is 5.62. The molecule has 9 nitrogen and oxygen atoms in total. The van der Waals surface area contributed by atoms with E-state index >= 15 is 0 Å². The van der Waals surface area contributed by atoms with Gasteiger partial charge in [0.05, 0.1) is 18.9 Å². The summed E-state index contributed by atoms with van der Waals surface area (Å²) in [6.45, 7) is 5.08. The maximum Gasteiger partial charge on any atom is 0.349 e. The molecule has 0 radical (unpaired) electrons. The minimum Gasteiger partial charge on any atom is -0.451 e. The predicted molar refractivity (Wildman–Crippen MR) is 116 cm³/mol. The molecule has 4 aromatic rings. The Labute approximate surface area is 190 Å². The number of benzene rings is 2. The van der Waals surface area contributed by atoms with Gasteiger partial charge in [0.15, 0.2) is 17.4 Å². The van der Waals surface area contributed by atoms with Gasteiger partial charge < -0.3 is 14.5 Å². The molecular weight excluding hydrogens is 448 g/mol. The van der Waals surface area contributed by atoms with Crippen LogP contribution in [-0.4, -0.2) is 26.4 Å². The Hall–Kier alpha value is -4.30. The average Bonchev–Trinajstić information content (AvgIpc) is 3.15. The van der Waals surface area contributed by atoms with Crippen LogP contribution in [0, 0.1) is 23.0 Å². The fourth-order valence-electron chi connectivity index (χ4n) is 4.18. The normalized spacial score (nSPS) is 14.6. The van der Waals surface area contributed by atoms with Gasteiger partial charge in [-0.2, -0.15) is 9.94 Å². The van der Waals surface area contributed by atoms with Crippen molar-refractivity contribution >= 4 is 10.9 Å². The topological polar surface area (TPSA) is 126 Å². The fraction of sp³-hybridized carbons (Fsp3) is 0.217. The average molecular weight is 465 g/mol. The van der Waals surface area contributed by atoms with Crippen molar-refractivity contribution in [3.63, 3.8) is 0 Å². The Morgan fingerprint density at radius 2 is 1.91 bits per heavy atom. The van der Waals surface area contributed by atoms with Crippen LogP contribution >= 0.6 is 0 Å². The lowest BCUT2D eigenvalue weighted by Crippen LogP contribution is -2.33. The number of nitrogens with one attached hydrogen (secondary N) is 2. The number of ether oxygens (including phenoxy) is 2. The Kier molecular flexibility index (Phi) is 4.84. The van der Waals surface area contributed by atoms with Crippen LogP contribution in [0.25, 0.3) is 16.6 Å². The molecule has 11 heteroatoms.